The summed E-state index contributed by atoms with van der Waals surface area (Å²) in [6.45, 7) is 3.96. The summed E-state index contributed by atoms with van der Waals surface area (Å²) in [5.74, 6) is -0.410. The summed E-state index contributed by atoms with van der Waals surface area (Å²) in [5, 5.41) is 13.6. The smallest absolute Gasteiger partial charge is 0.337 e. The van der Waals surface area contributed by atoms with Crippen molar-refractivity contribution < 1.29 is 24.2 Å². The van der Waals surface area contributed by atoms with Crippen LogP contribution in [0, 0.1) is 6.92 Å². The van der Waals surface area contributed by atoms with Crippen molar-refractivity contribution in [3.8, 4) is 11.5 Å². The van der Waals surface area contributed by atoms with Crippen molar-refractivity contribution >= 4 is 11.8 Å². The minimum Gasteiger partial charge on any atom is -0.508 e. The van der Waals surface area contributed by atoms with E-state index < -0.39 is 11.9 Å². The molecule has 0 spiro atoms. The summed E-state index contributed by atoms with van der Waals surface area (Å²) in [5.41, 5.74) is 6.02. The molecule has 3 aromatic carbocycles. The Morgan fingerprint density at radius 1 is 1.00 bits per heavy atom. The van der Waals surface area contributed by atoms with Gasteiger partial charge in [0.1, 0.15) is 18.1 Å². The van der Waals surface area contributed by atoms with E-state index in [0.717, 1.165) is 28.1 Å². The minimum atomic E-state index is -0.644. The maximum absolute atomic E-state index is 13.8. The third-order valence-electron chi connectivity index (χ3n) is 7.32. The van der Waals surface area contributed by atoms with E-state index in [1.807, 2.05) is 68.4 Å². The molecule has 0 bridgehead atoms. The van der Waals surface area contributed by atoms with Gasteiger partial charge in [0.05, 0.1) is 12.7 Å². The van der Waals surface area contributed by atoms with E-state index >= 15 is 0 Å². The molecule has 194 valence electrons. The van der Waals surface area contributed by atoms with Crippen LogP contribution < -0.4 is 10.1 Å². The Bertz CT molecular complexity index is 1450. The Morgan fingerprint density at radius 2 is 1.76 bits per heavy atom. The van der Waals surface area contributed by atoms with Gasteiger partial charge in [0, 0.05) is 35.2 Å². The standard InChI is InChI=1S/C32H31NO5/c1-19-11-13-21(14-12-19)18-38-32(36)29-20(2)33-26-16-23(25-9-4-5-10-28(25)37-3)17-27(35)31(26)30(29)22-7-6-8-24(34)15-22/h4-15,23,30,33-34H,16-18H2,1-3H3/t23-,30-/m1/s1. The lowest BCUT2D eigenvalue weighted by Crippen LogP contribution is -2.36. The molecular weight excluding hydrogens is 478 g/mol. The molecule has 2 aliphatic rings. The molecule has 1 aliphatic carbocycles. The van der Waals surface area contributed by atoms with Crippen LogP contribution >= 0.6 is 0 Å². The zero-order chi connectivity index (χ0) is 26.8. The van der Waals surface area contributed by atoms with Crippen molar-refractivity contribution in [2.45, 2.75) is 45.1 Å². The number of phenols is 1. The molecule has 1 heterocycles. The highest BCUT2D eigenvalue weighted by molar-refractivity contribution is 6.04. The van der Waals surface area contributed by atoms with Gasteiger partial charge < -0.3 is 19.9 Å². The molecule has 0 saturated carbocycles. The van der Waals surface area contributed by atoms with E-state index in [9.17, 15) is 14.7 Å². The van der Waals surface area contributed by atoms with Crippen LogP contribution in [0.1, 0.15) is 53.9 Å². The first-order valence-electron chi connectivity index (χ1n) is 12.7. The lowest BCUT2D eigenvalue weighted by atomic mass is 9.71. The van der Waals surface area contributed by atoms with Crippen molar-refractivity contribution in [2.24, 2.45) is 0 Å². The normalized spacial score (nSPS) is 19.1. The number of allylic oxidation sites excluding steroid dienone is 3. The molecule has 0 aromatic heterocycles. The second-order valence-electron chi connectivity index (χ2n) is 9.92. The van der Waals surface area contributed by atoms with E-state index in [4.69, 9.17) is 9.47 Å². The number of hydrogen-bond acceptors (Lipinski definition) is 6. The van der Waals surface area contributed by atoms with Gasteiger partial charge in [-0.15, -0.1) is 0 Å². The molecule has 0 saturated heterocycles. The molecule has 38 heavy (non-hydrogen) atoms. The van der Waals surface area contributed by atoms with Crippen LogP contribution in [-0.2, 0) is 20.9 Å². The van der Waals surface area contributed by atoms with Gasteiger partial charge in [-0.1, -0.05) is 60.2 Å². The topological polar surface area (TPSA) is 84.9 Å². The van der Waals surface area contributed by atoms with E-state index in [-0.39, 0.29) is 24.1 Å². The van der Waals surface area contributed by atoms with Crippen molar-refractivity contribution in [1.82, 2.24) is 5.32 Å². The SMILES string of the molecule is COc1ccccc1[C@H]1CC(=O)C2=C(C1)NC(C)=C(C(=O)OCc1ccc(C)cc1)[C@H]2c1cccc(O)c1. The summed E-state index contributed by atoms with van der Waals surface area (Å²) < 4.78 is 11.3. The third kappa shape index (κ3) is 4.94. The molecule has 6 nitrogen and oxygen atoms in total. The number of aromatic hydroxyl groups is 1. The fourth-order valence-corrected chi connectivity index (χ4v) is 5.48. The Morgan fingerprint density at radius 3 is 2.50 bits per heavy atom. The lowest BCUT2D eigenvalue weighted by molar-refractivity contribution is -0.140. The zero-order valence-corrected chi connectivity index (χ0v) is 21.8. The Hall–Kier alpha value is -4.32. The summed E-state index contributed by atoms with van der Waals surface area (Å²) in [4.78, 5) is 27.3. The van der Waals surface area contributed by atoms with E-state index in [0.29, 0.717) is 35.2 Å². The molecule has 2 atom stereocenters. The second-order valence-corrected chi connectivity index (χ2v) is 9.92. The van der Waals surface area contributed by atoms with Gasteiger partial charge in [-0.25, -0.2) is 4.79 Å². The highest BCUT2D eigenvalue weighted by Crippen LogP contribution is 2.47. The summed E-state index contributed by atoms with van der Waals surface area (Å²) >= 11 is 0. The van der Waals surface area contributed by atoms with E-state index in [1.165, 1.54) is 0 Å². The quantitative estimate of drug-likeness (QED) is 0.408. The Balaban J connectivity index is 1.51. The first kappa shape index (κ1) is 25.3. The number of Topliss-reactive ketones (excluding diaryl/α,β-unsaturated/α-hetero) is 1. The van der Waals surface area contributed by atoms with Crippen molar-refractivity contribution in [1.29, 1.82) is 0 Å². The fourth-order valence-electron chi connectivity index (χ4n) is 5.48. The second kappa shape index (κ2) is 10.6. The predicted molar refractivity (Wildman–Crippen MR) is 145 cm³/mol. The fraction of sp³-hybridized carbons (Fsp3) is 0.250. The lowest BCUT2D eigenvalue weighted by Gasteiger charge is -2.37. The number of phenolic OH excluding ortho intramolecular Hbond substituents is 1. The van der Waals surface area contributed by atoms with Gasteiger partial charge in [0.2, 0.25) is 0 Å². The number of carbonyl (C=O) groups excluding carboxylic acids is 2. The van der Waals surface area contributed by atoms with Crippen LogP contribution in [0.25, 0.3) is 0 Å². The van der Waals surface area contributed by atoms with Gasteiger partial charge in [-0.2, -0.15) is 0 Å². The number of hydrogen-bond donors (Lipinski definition) is 2. The molecule has 0 radical (unpaired) electrons. The van der Waals surface area contributed by atoms with E-state index in [2.05, 4.69) is 5.32 Å². The van der Waals surface area contributed by atoms with Gasteiger partial charge >= 0.3 is 5.97 Å². The van der Waals surface area contributed by atoms with Gasteiger partial charge in [-0.05, 0) is 55.2 Å². The largest absolute Gasteiger partial charge is 0.508 e. The third-order valence-corrected chi connectivity index (χ3v) is 7.32. The monoisotopic (exact) mass is 509 g/mol. The van der Waals surface area contributed by atoms with Crippen LogP contribution in [0.5, 0.6) is 11.5 Å². The number of ketones is 1. The first-order chi connectivity index (χ1) is 18.4. The number of dihydropyridines is 1. The number of rotatable bonds is 6. The molecular formula is C32H31NO5. The Labute approximate surface area is 222 Å². The number of ether oxygens (including phenoxy) is 2. The van der Waals surface area contributed by atoms with Gasteiger partial charge in [0.25, 0.3) is 0 Å². The minimum absolute atomic E-state index is 0.0423. The average Bonchev–Trinajstić information content (AvgIpc) is 2.91. The molecule has 3 aromatic rings. The summed E-state index contributed by atoms with van der Waals surface area (Å²) in [6.07, 6.45) is 0.890. The maximum Gasteiger partial charge on any atom is 0.337 e. The summed E-state index contributed by atoms with van der Waals surface area (Å²) in [6, 6.07) is 22.3. The number of carbonyl (C=O) groups is 2. The average molecular weight is 510 g/mol. The number of esters is 1. The predicted octanol–water partition coefficient (Wildman–Crippen LogP) is 5.81. The molecule has 1 aliphatic heterocycles. The molecule has 0 fully saturated rings. The van der Waals surface area contributed by atoms with Crippen LogP contribution in [0.15, 0.2) is 95.3 Å². The number of aryl methyl sites for hydroxylation is 1. The van der Waals surface area contributed by atoms with Crippen molar-refractivity contribution in [3.05, 3.63) is 118 Å². The molecule has 2 N–H and O–H groups in total. The molecule has 0 amide bonds. The highest BCUT2D eigenvalue weighted by Gasteiger charge is 2.42. The number of nitrogens with one attached hydrogen (secondary N) is 1. The van der Waals surface area contributed by atoms with Crippen LogP contribution in [-0.4, -0.2) is 24.0 Å². The van der Waals surface area contributed by atoms with Crippen LogP contribution in [0.2, 0.25) is 0 Å². The molecule has 0 unspecified atom stereocenters. The number of benzene rings is 3. The first-order valence-corrected chi connectivity index (χ1v) is 12.7. The molecule has 6 heteroatoms. The van der Waals surface area contributed by atoms with E-state index in [1.54, 1.807) is 25.3 Å². The zero-order valence-electron chi connectivity index (χ0n) is 21.8. The van der Waals surface area contributed by atoms with Crippen LogP contribution in [0.3, 0.4) is 0 Å². The highest BCUT2D eigenvalue weighted by atomic mass is 16.5. The van der Waals surface area contributed by atoms with Gasteiger partial charge in [-0.3, -0.25) is 4.79 Å². The van der Waals surface area contributed by atoms with Crippen molar-refractivity contribution in [2.75, 3.05) is 7.11 Å². The maximum atomic E-state index is 13.8. The Kier molecular flexibility index (Phi) is 7.05. The molecule has 5 rings (SSSR count). The summed E-state index contributed by atoms with van der Waals surface area (Å²) in [7, 11) is 1.63. The van der Waals surface area contributed by atoms with Crippen LogP contribution in [0.4, 0.5) is 0 Å². The van der Waals surface area contributed by atoms with Gasteiger partial charge in [0.15, 0.2) is 5.78 Å². The van der Waals surface area contributed by atoms with Crippen molar-refractivity contribution in [3.63, 3.8) is 0 Å². The number of para-hydroxylation sites is 1. The number of methoxy groups -OCH3 is 1.